The lowest BCUT2D eigenvalue weighted by atomic mass is 9.86. The van der Waals surface area contributed by atoms with Gasteiger partial charge < -0.3 is 9.13 Å². The van der Waals surface area contributed by atoms with Crippen molar-refractivity contribution in [2.75, 3.05) is 7.05 Å². The lowest BCUT2D eigenvalue weighted by molar-refractivity contribution is -0.401. The van der Waals surface area contributed by atoms with Crippen molar-refractivity contribution in [3.05, 3.63) is 235 Å². The van der Waals surface area contributed by atoms with Gasteiger partial charge in [0.15, 0.2) is 11.0 Å². The normalized spacial score (nSPS) is 13.9. The van der Waals surface area contributed by atoms with Crippen molar-refractivity contribution >= 4 is 66.0 Å². The smallest absolute Gasteiger partial charge is 0.292 e. The maximum Gasteiger partial charge on any atom is 0.292 e. The molecule has 296 valence electrons. The number of rotatable bonds is 6. The Kier molecular flexibility index (Phi) is 7.81. The Morgan fingerprint density at radius 2 is 0.889 bits per heavy atom. The molecule has 13 rings (SSSR count). The van der Waals surface area contributed by atoms with Crippen LogP contribution in [0.15, 0.2) is 218 Å². The van der Waals surface area contributed by atoms with Gasteiger partial charge in [-0.25, -0.2) is 4.98 Å². The van der Waals surface area contributed by atoms with Crippen LogP contribution in [-0.4, -0.2) is 31.0 Å². The monoisotopic (exact) mass is 807 g/mol. The second kappa shape index (κ2) is 13.9. The van der Waals surface area contributed by atoms with Crippen LogP contribution in [0.2, 0.25) is 0 Å². The van der Waals surface area contributed by atoms with E-state index in [1.165, 1.54) is 71.7 Å². The molecule has 0 saturated carbocycles. The molecule has 3 aromatic heterocycles. The van der Waals surface area contributed by atoms with Gasteiger partial charge in [-0.2, -0.15) is 9.14 Å². The minimum atomic E-state index is 0.160. The van der Waals surface area contributed by atoms with E-state index in [9.17, 15) is 0 Å². The number of H-pyrrole nitrogens is 1. The molecular weight excluding hydrogens is 767 g/mol. The molecule has 0 bridgehead atoms. The van der Waals surface area contributed by atoms with Crippen LogP contribution in [0.25, 0.3) is 83.1 Å². The fourth-order valence-electron chi connectivity index (χ4n) is 10.5. The fourth-order valence-corrected chi connectivity index (χ4v) is 10.5. The summed E-state index contributed by atoms with van der Waals surface area (Å²) in [5, 5.41) is 4.93. The topological polar surface area (TPSA) is 31.9 Å². The van der Waals surface area contributed by atoms with Crippen LogP contribution in [0.4, 0.5) is 5.69 Å². The van der Waals surface area contributed by atoms with Gasteiger partial charge >= 0.3 is 0 Å². The number of imidazole rings is 1. The Morgan fingerprint density at radius 3 is 1.52 bits per heavy atom. The SMILES string of the molecule is C[N+]1=C(c2ccc(-n3c4ccccc4c4cc5c(cc43)c3ccccc3n5-c3ccc(-c4[nH+]c5ccccc5n4-c4ccccc4)cc3)cc2)C(c2ccccc2)c2ccccc21. The standard InChI is InChI=1S/C58H40N5/c1-60-50-24-12-10-22-46(50)56(38-16-4-2-5-17-38)57(60)39-28-32-42(33-29-39)61-51-25-13-8-20-44(51)47-37-55-48(36-54(47)61)45-21-9-14-26-52(45)62(55)43-34-30-40(31-35-43)58-59-49-23-11-15-27-53(49)63(58)41-18-6-3-7-19-41/h2-37,56H,1H3/q+1/p+1. The molecule has 0 spiro atoms. The molecule has 0 aliphatic carbocycles. The van der Waals surface area contributed by atoms with E-state index >= 15 is 0 Å². The van der Waals surface area contributed by atoms with E-state index in [1.807, 2.05) is 0 Å². The summed E-state index contributed by atoms with van der Waals surface area (Å²) in [5.41, 5.74) is 18.0. The van der Waals surface area contributed by atoms with Gasteiger partial charge in [-0.3, -0.25) is 0 Å². The van der Waals surface area contributed by atoms with Crippen molar-refractivity contribution in [3.63, 3.8) is 0 Å². The fraction of sp³-hybridized carbons (Fsp3) is 0.0345. The number of fused-ring (bicyclic) bond motifs is 8. The van der Waals surface area contributed by atoms with E-state index < -0.39 is 0 Å². The zero-order valence-electron chi connectivity index (χ0n) is 34.7. The first-order valence-corrected chi connectivity index (χ1v) is 21.7. The summed E-state index contributed by atoms with van der Waals surface area (Å²) in [7, 11) is 2.21. The molecule has 9 aromatic carbocycles. The van der Waals surface area contributed by atoms with E-state index in [4.69, 9.17) is 0 Å². The molecule has 0 radical (unpaired) electrons. The molecular formula is C58H41N5+2. The third-order valence-corrected chi connectivity index (χ3v) is 13.3. The molecule has 12 aromatic rings. The van der Waals surface area contributed by atoms with Crippen molar-refractivity contribution in [2.24, 2.45) is 0 Å². The van der Waals surface area contributed by atoms with Gasteiger partial charge in [0.25, 0.3) is 5.82 Å². The van der Waals surface area contributed by atoms with Crippen LogP contribution in [0.3, 0.4) is 0 Å². The van der Waals surface area contributed by atoms with Crippen LogP contribution in [0.5, 0.6) is 0 Å². The second-order valence-electron chi connectivity index (χ2n) is 16.7. The number of benzene rings is 9. The van der Waals surface area contributed by atoms with Gasteiger partial charge in [-0.05, 0) is 103 Å². The first kappa shape index (κ1) is 35.5. The molecule has 1 unspecified atom stereocenters. The summed E-state index contributed by atoms with van der Waals surface area (Å²) in [4.78, 5) is 3.73. The highest BCUT2D eigenvalue weighted by Gasteiger charge is 2.39. The van der Waals surface area contributed by atoms with Gasteiger partial charge in [0.1, 0.15) is 18.7 Å². The highest BCUT2D eigenvalue weighted by Crippen LogP contribution is 2.42. The molecule has 0 amide bonds. The number of nitrogens with one attached hydrogen (secondary N) is 1. The Balaban J connectivity index is 0.949. The van der Waals surface area contributed by atoms with Crippen molar-refractivity contribution in [2.45, 2.75) is 5.92 Å². The zero-order chi connectivity index (χ0) is 41.6. The van der Waals surface area contributed by atoms with Gasteiger partial charge in [-0.1, -0.05) is 115 Å². The molecule has 1 aliphatic heterocycles. The third-order valence-electron chi connectivity index (χ3n) is 13.3. The molecule has 5 heteroatoms. The van der Waals surface area contributed by atoms with E-state index in [1.54, 1.807) is 0 Å². The number of hydrogen-bond acceptors (Lipinski definition) is 0. The summed E-state index contributed by atoms with van der Waals surface area (Å²) in [5.74, 6) is 1.21. The predicted molar refractivity (Wildman–Crippen MR) is 259 cm³/mol. The van der Waals surface area contributed by atoms with Crippen LogP contribution in [0.1, 0.15) is 22.6 Å². The quantitative estimate of drug-likeness (QED) is 0.150. The number of aromatic nitrogens is 4. The first-order chi connectivity index (χ1) is 31.2. The average Bonchev–Trinajstić information content (AvgIpc) is 4.08. The van der Waals surface area contributed by atoms with E-state index in [0.29, 0.717) is 0 Å². The Labute approximate surface area is 364 Å². The number of para-hydroxylation sites is 6. The largest absolute Gasteiger partial charge is 0.309 e. The van der Waals surface area contributed by atoms with Gasteiger partial charge in [0, 0.05) is 50.1 Å². The molecule has 1 atom stereocenters. The Morgan fingerprint density at radius 1 is 0.397 bits per heavy atom. The van der Waals surface area contributed by atoms with Crippen molar-refractivity contribution in [1.82, 2.24) is 13.7 Å². The van der Waals surface area contributed by atoms with Gasteiger partial charge in [0.2, 0.25) is 11.4 Å². The molecule has 0 fully saturated rings. The molecule has 4 heterocycles. The van der Waals surface area contributed by atoms with Crippen molar-refractivity contribution in [1.29, 1.82) is 0 Å². The summed E-state index contributed by atoms with van der Waals surface area (Å²) in [6.07, 6.45) is 0. The van der Waals surface area contributed by atoms with Crippen molar-refractivity contribution < 1.29 is 9.56 Å². The Hall–Kier alpha value is -8.28. The van der Waals surface area contributed by atoms with Crippen molar-refractivity contribution in [3.8, 4) is 28.5 Å². The lowest BCUT2D eigenvalue weighted by Crippen LogP contribution is -2.17. The molecule has 1 N–H and O–H groups in total. The zero-order valence-corrected chi connectivity index (χ0v) is 34.7. The van der Waals surface area contributed by atoms with Crippen LogP contribution in [-0.2, 0) is 0 Å². The molecule has 1 aliphatic rings. The van der Waals surface area contributed by atoms with Crippen LogP contribution >= 0.6 is 0 Å². The van der Waals surface area contributed by atoms with Crippen LogP contribution < -0.4 is 4.98 Å². The highest BCUT2D eigenvalue weighted by atomic mass is 15.1. The minimum Gasteiger partial charge on any atom is -0.309 e. The molecule has 5 nitrogen and oxygen atoms in total. The first-order valence-electron chi connectivity index (χ1n) is 21.7. The third kappa shape index (κ3) is 5.36. The summed E-state index contributed by atoms with van der Waals surface area (Å²) in [6.45, 7) is 0. The van der Waals surface area contributed by atoms with E-state index in [0.717, 1.165) is 39.5 Å². The van der Waals surface area contributed by atoms with Gasteiger partial charge in [-0.15, -0.1) is 0 Å². The van der Waals surface area contributed by atoms with E-state index in [2.05, 4.69) is 249 Å². The number of hydrogen-bond donors (Lipinski definition) is 0. The average molecular weight is 808 g/mol. The number of aromatic amines is 1. The maximum absolute atomic E-state index is 3.73. The number of nitrogens with zero attached hydrogens (tertiary/aromatic N) is 4. The summed E-state index contributed by atoms with van der Waals surface area (Å²) in [6, 6.07) is 79.6. The second-order valence-corrected chi connectivity index (χ2v) is 16.7. The maximum atomic E-state index is 3.73. The van der Waals surface area contributed by atoms with Gasteiger partial charge in [0.05, 0.1) is 27.6 Å². The Bertz CT molecular complexity index is 3770. The van der Waals surface area contributed by atoms with Crippen LogP contribution in [0, 0.1) is 0 Å². The summed E-state index contributed by atoms with van der Waals surface area (Å²) < 4.78 is 9.58. The lowest BCUT2D eigenvalue weighted by Gasteiger charge is -2.13. The molecule has 0 saturated heterocycles. The molecule has 63 heavy (non-hydrogen) atoms. The predicted octanol–water partition coefficient (Wildman–Crippen LogP) is 13.2. The van der Waals surface area contributed by atoms with E-state index in [-0.39, 0.29) is 5.92 Å². The highest BCUT2D eigenvalue weighted by molar-refractivity contribution is 6.19. The summed E-state index contributed by atoms with van der Waals surface area (Å²) >= 11 is 0. The minimum absolute atomic E-state index is 0.160.